The van der Waals surface area contributed by atoms with Crippen LogP contribution in [0.5, 0.6) is 11.5 Å². The number of hydrogen-bond donors (Lipinski definition) is 9. The SMILES string of the molecule is CC(=O)Nc1nnc(S(N)(=O)=O)s1.CC(=O)Nc1nnc(S(N)(=O)=O)s1.CC(=O)Nc1nnc(S(N)(=O)=O)s1.O=C(O)c1cccc(O)c1O. The summed E-state index contributed by atoms with van der Waals surface area (Å²) in [4.78, 5) is 41.9. The fraction of sp³-hybridized carbons (Fsp3) is 0.158. The molecule has 0 bridgehead atoms. The van der Waals surface area contributed by atoms with Gasteiger partial charge in [0.15, 0.2) is 11.5 Å². The van der Waals surface area contributed by atoms with Gasteiger partial charge in [0, 0.05) is 20.8 Å². The van der Waals surface area contributed by atoms with Gasteiger partial charge < -0.3 is 31.3 Å². The van der Waals surface area contributed by atoms with Crippen molar-refractivity contribution in [2.75, 3.05) is 16.0 Å². The smallest absolute Gasteiger partial charge is 0.339 e. The summed E-state index contributed by atoms with van der Waals surface area (Å²) in [6.07, 6.45) is 0. The van der Waals surface area contributed by atoms with Gasteiger partial charge in [-0.3, -0.25) is 14.4 Å². The van der Waals surface area contributed by atoms with Gasteiger partial charge in [0.05, 0.1) is 0 Å². The summed E-state index contributed by atoms with van der Waals surface area (Å²) < 4.78 is 63.3. The van der Waals surface area contributed by atoms with E-state index in [1.165, 1.54) is 39.0 Å². The van der Waals surface area contributed by atoms with E-state index in [0.29, 0.717) is 34.0 Å². The molecule has 1 aromatic carbocycles. The summed E-state index contributed by atoms with van der Waals surface area (Å²) >= 11 is 2.10. The predicted molar refractivity (Wildman–Crippen MR) is 173 cm³/mol. The molecule has 0 fully saturated rings. The molecule has 0 aliphatic carbocycles. The van der Waals surface area contributed by atoms with Crippen molar-refractivity contribution in [3.63, 3.8) is 0 Å². The Morgan fingerprint density at radius 3 is 1.10 bits per heavy atom. The molecule has 0 saturated heterocycles. The van der Waals surface area contributed by atoms with Crippen molar-refractivity contribution in [1.29, 1.82) is 0 Å². The topological polar surface area (TPSA) is 423 Å². The minimum absolute atomic E-state index is 0.108. The van der Waals surface area contributed by atoms with E-state index in [1.54, 1.807) is 0 Å². The number of carboxylic acid groups (broad SMARTS) is 1. The maximum absolute atomic E-state index is 10.7. The number of nitrogens with two attached hydrogens (primary N) is 3. The lowest BCUT2D eigenvalue weighted by atomic mass is 10.2. The van der Waals surface area contributed by atoms with Gasteiger partial charge in [-0.2, -0.15) is 0 Å². The average molecular weight is 821 g/mol. The molecule has 50 heavy (non-hydrogen) atoms. The lowest BCUT2D eigenvalue weighted by Crippen LogP contribution is -2.11. The molecule has 31 heteroatoms. The number of benzene rings is 1. The number of nitrogens with one attached hydrogen (secondary N) is 3. The minimum Gasteiger partial charge on any atom is -0.504 e. The average Bonchev–Trinajstić information content (AvgIpc) is 3.71. The third-order valence-corrected chi connectivity index (χ3v) is 10.5. The first-order valence-corrected chi connectivity index (χ1v) is 19.1. The molecule has 3 heterocycles. The fourth-order valence-electron chi connectivity index (χ4n) is 2.28. The molecule has 0 aliphatic heterocycles. The number of amides is 3. The zero-order chi connectivity index (χ0) is 38.6. The maximum Gasteiger partial charge on any atom is 0.339 e. The van der Waals surface area contributed by atoms with Crippen LogP contribution in [-0.2, 0) is 44.5 Å². The second-order valence-electron chi connectivity index (χ2n) is 8.28. The van der Waals surface area contributed by atoms with Gasteiger partial charge in [0.2, 0.25) is 46.1 Å². The van der Waals surface area contributed by atoms with Crippen LogP contribution in [0.2, 0.25) is 0 Å². The van der Waals surface area contributed by atoms with Crippen LogP contribution in [0.15, 0.2) is 31.2 Å². The van der Waals surface area contributed by atoms with Crippen LogP contribution in [0, 0.1) is 0 Å². The largest absolute Gasteiger partial charge is 0.504 e. The molecule has 4 rings (SSSR count). The number of carboxylic acids is 1. The van der Waals surface area contributed by atoms with Gasteiger partial charge in [-0.25, -0.2) is 45.5 Å². The number of anilines is 3. The Morgan fingerprint density at radius 1 is 0.600 bits per heavy atom. The number of hydrogen-bond acceptors (Lipinski definition) is 21. The molecule has 4 aromatic rings. The molecular weight excluding hydrogens is 797 g/mol. The lowest BCUT2D eigenvalue weighted by molar-refractivity contribution is -0.115. The highest BCUT2D eigenvalue weighted by Gasteiger charge is 2.17. The van der Waals surface area contributed by atoms with Gasteiger partial charge in [-0.1, -0.05) is 40.1 Å². The molecular formula is C19H24N12O13S6. The van der Waals surface area contributed by atoms with Crippen molar-refractivity contribution in [2.24, 2.45) is 15.4 Å². The van der Waals surface area contributed by atoms with E-state index in [-0.39, 0.29) is 51.7 Å². The molecule has 0 aliphatic rings. The van der Waals surface area contributed by atoms with Crippen LogP contribution in [0.3, 0.4) is 0 Å². The first kappa shape index (κ1) is 43.1. The van der Waals surface area contributed by atoms with Crippen LogP contribution in [0.25, 0.3) is 0 Å². The summed E-state index contributed by atoms with van der Waals surface area (Å²) in [6.45, 7) is 3.83. The number of sulfonamides is 3. The van der Waals surface area contributed by atoms with E-state index in [1.807, 2.05) is 0 Å². The van der Waals surface area contributed by atoms with Crippen molar-refractivity contribution >= 4 is 103 Å². The first-order chi connectivity index (χ1) is 22.8. The van der Waals surface area contributed by atoms with Crippen molar-refractivity contribution in [2.45, 2.75) is 33.8 Å². The van der Waals surface area contributed by atoms with Crippen LogP contribution in [0.4, 0.5) is 15.4 Å². The molecule has 0 atom stereocenters. The van der Waals surface area contributed by atoms with Crippen molar-refractivity contribution in [3.8, 4) is 11.5 Å². The van der Waals surface area contributed by atoms with E-state index < -0.39 is 47.5 Å². The third-order valence-electron chi connectivity index (χ3n) is 4.04. The molecule has 0 radical (unpaired) electrons. The Balaban J connectivity index is 0.000000334. The lowest BCUT2D eigenvalue weighted by Gasteiger charge is -1.99. The van der Waals surface area contributed by atoms with E-state index in [9.17, 15) is 44.4 Å². The van der Waals surface area contributed by atoms with Crippen LogP contribution < -0.4 is 31.4 Å². The van der Waals surface area contributed by atoms with Crippen molar-refractivity contribution in [1.82, 2.24) is 30.6 Å². The van der Waals surface area contributed by atoms with Crippen molar-refractivity contribution < 1.29 is 59.8 Å². The number of aromatic carboxylic acids is 1. The summed E-state index contributed by atoms with van der Waals surface area (Å²) in [5.41, 5.74) is -0.301. The van der Waals surface area contributed by atoms with Crippen molar-refractivity contribution in [3.05, 3.63) is 23.8 Å². The number of aromatic hydroxyl groups is 2. The van der Waals surface area contributed by atoms with Gasteiger partial charge in [-0.15, -0.1) is 30.6 Å². The molecule has 3 aromatic heterocycles. The van der Waals surface area contributed by atoms with Gasteiger partial charge in [-0.05, 0) is 12.1 Å². The second-order valence-corrected chi connectivity index (χ2v) is 16.4. The highest BCUT2D eigenvalue weighted by Crippen LogP contribution is 2.27. The molecule has 0 unspecified atom stereocenters. The molecule has 274 valence electrons. The summed E-state index contributed by atoms with van der Waals surface area (Å²) in [5, 5.41) is 67.7. The first-order valence-electron chi connectivity index (χ1n) is 12.0. The van der Waals surface area contributed by atoms with Gasteiger partial charge >= 0.3 is 5.97 Å². The summed E-state index contributed by atoms with van der Waals surface area (Å²) in [6, 6.07) is 3.76. The highest BCUT2D eigenvalue weighted by atomic mass is 32.3. The van der Waals surface area contributed by atoms with E-state index in [2.05, 4.69) is 46.5 Å². The quantitative estimate of drug-likeness (QED) is 0.0735. The van der Waals surface area contributed by atoms with E-state index >= 15 is 0 Å². The molecule has 25 nitrogen and oxygen atoms in total. The fourth-order valence-corrected chi connectivity index (χ4v) is 6.42. The Bertz CT molecular complexity index is 1990. The van der Waals surface area contributed by atoms with Crippen LogP contribution in [0.1, 0.15) is 31.1 Å². The number of aromatic nitrogens is 6. The summed E-state index contributed by atoms with van der Waals surface area (Å²) in [7, 11) is -11.5. The number of carbonyl (C=O) groups is 4. The third kappa shape index (κ3) is 15.6. The number of para-hydroxylation sites is 1. The number of nitrogens with zero attached hydrogens (tertiary/aromatic N) is 6. The van der Waals surface area contributed by atoms with Crippen LogP contribution in [-0.4, -0.2) is 94.9 Å². The van der Waals surface area contributed by atoms with E-state index in [0.717, 1.165) is 0 Å². The number of phenols is 2. The zero-order valence-electron chi connectivity index (χ0n) is 25.0. The maximum atomic E-state index is 10.7. The number of carbonyl (C=O) groups excluding carboxylic acids is 3. The molecule has 0 saturated carbocycles. The second kappa shape index (κ2) is 18.2. The normalized spacial score (nSPS) is 10.8. The number of phenolic OH excluding ortho intramolecular Hbond substituents is 1. The number of primary sulfonamides is 3. The zero-order valence-corrected chi connectivity index (χ0v) is 29.9. The number of rotatable bonds is 7. The standard InChI is InChI=1S/C7H6O4.3C4H6N4O3S2/c8-5-3-1-2-4(6(5)9)7(10)11;3*1-2(9)6-3-7-8-4(12-3)13(5,10)11/h1-3,8-9H,(H,10,11);3*1H3,(H2,5,10,11)(H,6,7,9). The van der Waals surface area contributed by atoms with Gasteiger partial charge in [0.25, 0.3) is 30.1 Å². The Morgan fingerprint density at radius 2 is 0.900 bits per heavy atom. The Labute approximate surface area is 292 Å². The minimum atomic E-state index is -3.82. The summed E-state index contributed by atoms with van der Waals surface area (Å²) in [5.74, 6) is -3.34. The highest BCUT2D eigenvalue weighted by molar-refractivity contribution is 7.91. The molecule has 0 spiro atoms. The molecule has 3 amide bonds. The van der Waals surface area contributed by atoms with Crippen LogP contribution >= 0.6 is 34.0 Å². The Hall–Kier alpha value is -4.89. The van der Waals surface area contributed by atoms with E-state index in [4.69, 9.17) is 30.7 Å². The Kier molecular flexibility index (Phi) is 15.7. The predicted octanol–water partition coefficient (Wildman–Crippen LogP) is -1.77. The van der Waals surface area contributed by atoms with Gasteiger partial charge in [0.1, 0.15) is 5.56 Å². The monoisotopic (exact) mass is 820 g/mol. The molecule has 12 N–H and O–H groups in total.